The molecule has 0 saturated carbocycles. The lowest BCUT2D eigenvalue weighted by molar-refractivity contribution is 0.666. The SMILES string of the molecule is c1ccc2c(c1)oc1c(-c3cccc4c3c3c5c6ccccc6n(-c6cccc7c6oc6ccccc67)c5ccc3n4-c3cccc4c3oc3ccccc34)cccc12. The van der Waals surface area contributed by atoms with Crippen molar-refractivity contribution in [2.45, 2.75) is 0 Å². The van der Waals surface area contributed by atoms with Crippen LogP contribution in [0.1, 0.15) is 0 Å². The predicted molar refractivity (Wildman–Crippen MR) is 242 cm³/mol. The van der Waals surface area contributed by atoms with Crippen molar-refractivity contribution < 1.29 is 13.3 Å². The lowest BCUT2D eigenvalue weighted by Gasteiger charge is -2.10. The molecule has 274 valence electrons. The van der Waals surface area contributed by atoms with Gasteiger partial charge >= 0.3 is 0 Å². The molecule has 0 aliphatic carbocycles. The Morgan fingerprint density at radius 3 is 1.29 bits per heavy atom. The molecular formula is C54H30N2O3. The maximum Gasteiger partial charge on any atom is 0.159 e. The summed E-state index contributed by atoms with van der Waals surface area (Å²) in [6.07, 6.45) is 0. The van der Waals surface area contributed by atoms with Crippen LogP contribution < -0.4 is 0 Å². The molecule has 5 heterocycles. The van der Waals surface area contributed by atoms with Gasteiger partial charge in [0.2, 0.25) is 0 Å². The van der Waals surface area contributed by atoms with E-state index in [1.165, 1.54) is 16.2 Å². The molecule has 0 saturated heterocycles. The minimum Gasteiger partial charge on any atom is -0.455 e. The summed E-state index contributed by atoms with van der Waals surface area (Å²) in [6.45, 7) is 0. The third-order valence-corrected chi connectivity index (χ3v) is 12.5. The van der Waals surface area contributed by atoms with Crippen molar-refractivity contribution >= 4 is 109 Å². The standard InChI is InChI=1S/C54H30N2O3/c1-5-22-40-39(16-1)50-42(55(40)44-24-11-20-36-32-14-3-7-27-47(32)58-53(36)44)29-30-43-51(50)49-34(38-19-9-18-35-31-13-2-6-26-46(31)57-52(35)38)17-10-23-41(49)56(43)45-25-12-21-37-33-15-4-8-28-48(33)59-54(37)45/h1-30H. The number of rotatable bonds is 3. The second kappa shape index (κ2) is 11.3. The number of para-hydroxylation sites is 7. The van der Waals surface area contributed by atoms with E-state index in [0.717, 1.165) is 116 Å². The maximum absolute atomic E-state index is 6.75. The fourth-order valence-corrected chi connectivity index (χ4v) is 10.1. The molecule has 59 heavy (non-hydrogen) atoms. The van der Waals surface area contributed by atoms with Gasteiger partial charge in [0, 0.05) is 59.4 Å². The topological polar surface area (TPSA) is 49.3 Å². The van der Waals surface area contributed by atoms with Gasteiger partial charge < -0.3 is 22.4 Å². The van der Waals surface area contributed by atoms with E-state index in [9.17, 15) is 0 Å². The second-order valence-electron chi connectivity index (χ2n) is 15.5. The molecule has 0 amide bonds. The summed E-state index contributed by atoms with van der Waals surface area (Å²) in [7, 11) is 0. The van der Waals surface area contributed by atoms with Crippen LogP contribution in [0.15, 0.2) is 195 Å². The smallest absolute Gasteiger partial charge is 0.159 e. The van der Waals surface area contributed by atoms with Crippen LogP contribution in [0.4, 0.5) is 0 Å². The van der Waals surface area contributed by atoms with Crippen molar-refractivity contribution in [3.63, 3.8) is 0 Å². The molecular weight excluding hydrogens is 725 g/mol. The molecule has 0 radical (unpaired) electrons. The van der Waals surface area contributed by atoms with E-state index in [0.29, 0.717) is 0 Å². The van der Waals surface area contributed by atoms with Crippen molar-refractivity contribution in [1.29, 1.82) is 0 Å². The molecule has 0 atom stereocenters. The van der Waals surface area contributed by atoms with Crippen LogP contribution in [0.3, 0.4) is 0 Å². The van der Waals surface area contributed by atoms with Crippen molar-refractivity contribution in [1.82, 2.24) is 9.13 Å². The molecule has 0 spiro atoms. The second-order valence-corrected chi connectivity index (χ2v) is 15.5. The monoisotopic (exact) mass is 754 g/mol. The van der Waals surface area contributed by atoms with E-state index in [4.69, 9.17) is 13.3 Å². The highest BCUT2D eigenvalue weighted by Gasteiger charge is 2.26. The van der Waals surface area contributed by atoms with Gasteiger partial charge in [-0.3, -0.25) is 0 Å². The van der Waals surface area contributed by atoms with Gasteiger partial charge in [-0.2, -0.15) is 0 Å². The molecule has 5 heteroatoms. The normalized spacial score (nSPS) is 12.4. The molecule has 0 fully saturated rings. The van der Waals surface area contributed by atoms with E-state index >= 15 is 0 Å². The minimum atomic E-state index is 0.858. The largest absolute Gasteiger partial charge is 0.455 e. The molecule has 5 aromatic heterocycles. The van der Waals surface area contributed by atoms with Crippen molar-refractivity contribution in [3.8, 4) is 22.5 Å². The Hall–Kier alpha value is -8.02. The Balaban J connectivity index is 1.18. The number of nitrogens with zero attached hydrogens (tertiary/aromatic N) is 2. The Morgan fingerprint density at radius 1 is 0.254 bits per heavy atom. The number of fused-ring (bicyclic) bond motifs is 16. The number of hydrogen-bond acceptors (Lipinski definition) is 3. The lowest BCUT2D eigenvalue weighted by atomic mass is 9.96. The van der Waals surface area contributed by atoms with Gasteiger partial charge in [0.25, 0.3) is 0 Å². The van der Waals surface area contributed by atoms with E-state index < -0.39 is 0 Å². The highest BCUT2D eigenvalue weighted by molar-refractivity contribution is 6.32. The summed E-state index contributed by atoms with van der Waals surface area (Å²) in [5.74, 6) is 0. The summed E-state index contributed by atoms with van der Waals surface area (Å²) in [5, 5.41) is 11.3. The third kappa shape index (κ3) is 4.03. The zero-order valence-corrected chi connectivity index (χ0v) is 31.4. The molecule has 0 aliphatic rings. The van der Waals surface area contributed by atoms with Gasteiger partial charge in [-0.15, -0.1) is 0 Å². The van der Waals surface area contributed by atoms with Crippen LogP contribution in [0, 0.1) is 0 Å². The van der Waals surface area contributed by atoms with Crippen molar-refractivity contribution in [2.24, 2.45) is 0 Å². The van der Waals surface area contributed by atoms with Gasteiger partial charge in [-0.05, 0) is 60.2 Å². The van der Waals surface area contributed by atoms with Crippen LogP contribution >= 0.6 is 0 Å². The molecule has 14 rings (SSSR count). The molecule has 0 N–H and O–H groups in total. The first-order valence-corrected chi connectivity index (χ1v) is 20.0. The summed E-state index contributed by atoms with van der Waals surface area (Å²) in [6, 6.07) is 64.5. The Kier molecular flexibility index (Phi) is 5.96. The van der Waals surface area contributed by atoms with Crippen LogP contribution in [0.25, 0.3) is 132 Å². The van der Waals surface area contributed by atoms with Gasteiger partial charge in [0.1, 0.15) is 22.3 Å². The van der Waals surface area contributed by atoms with Gasteiger partial charge in [-0.1, -0.05) is 127 Å². The molecule has 5 nitrogen and oxygen atoms in total. The predicted octanol–water partition coefficient (Wildman–Crippen LogP) is 15.2. The van der Waals surface area contributed by atoms with E-state index in [1.54, 1.807) is 0 Å². The van der Waals surface area contributed by atoms with E-state index in [1.807, 2.05) is 18.2 Å². The zero-order valence-electron chi connectivity index (χ0n) is 31.4. The molecule has 9 aromatic carbocycles. The summed E-state index contributed by atoms with van der Waals surface area (Å²) in [4.78, 5) is 0. The highest BCUT2D eigenvalue weighted by Crippen LogP contribution is 2.48. The molecule has 0 bridgehead atoms. The summed E-state index contributed by atoms with van der Waals surface area (Å²) >= 11 is 0. The fourth-order valence-electron chi connectivity index (χ4n) is 10.1. The number of furan rings is 3. The number of hydrogen-bond donors (Lipinski definition) is 0. The van der Waals surface area contributed by atoms with Crippen molar-refractivity contribution in [2.75, 3.05) is 0 Å². The maximum atomic E-state index is 6.75. The highest BCUT2D eigenvalue weighted by atomic mass is 16.3. The summed E-state index contributed by atoms with van der Waals surface area (Å²) in [5.41, 5.74) is 13.8. The minimum absolute atomic E-state index is 0.858. The van der Waals surface area contributed by atoms with Crippen LogP contribution in [0.5, 0.6) is 0 Å². The fraction of sp³-hybridized carbons (Fsp3) is 0. The number of aromatic nitrogens is 2. The first-order chi connectivity index (χ1) is 29.3. The van der Waals surface area contributed by atoms with Gasteiger partial charge in [0.05, 0.1) is 33.4 Å². The average molecular weight is 755 g/mol. The quantitative estimate of drug-likeness (QED) is 0.180. The van der Waals surface area contributed by atoms with Crippen LogP contribution in [0.2, 0.25) is 0 Å². The zero-order chi connectivity index (χ0) is 38.3. The Bertz CT molecular complexity index is 4090. The summed E-state index contributed by atoms with van der Waals surface area (Å²) < 4.78 is 25.0. The third-order valence-electron chi connectivity index (χ3n) is 12.5. The van der Waals surface area contributed by atoms with Gasteiger partial charge in [0.15, 0.2) is 11.2 Å². The number of benzene rings is 9. The van der Waals surface area contributed by atoms with Crippen LogP contribution in [-0.4, -0.2) is 9.13 Å². The lowest BCUT2D eigenvalue weighted by Crippen LogP contribution is -1.95. The molecule has 0 unspecified atom stereocenters. The Labute approximate surface area is 335 Å². The van der Waals surface area contributed by atoms with Gasteiger partial charge in [-0.25, -0.2) is 0 Å². The average Bonchev–Trinajstić information content (AvgIpc) is 4.10. The first kappa shape index (κ1) is 31.1. The van der Waals surface area contributed by atoms with Crippen LogP contribution in [-0.2, 0) is 0 Å². The first-order valence-electron chi connectivity index (χ1n) is 20.0. The van der Waals surface area contributed by atoms with E-state index in [-0.39, 0.29) is 0 Å². The van der Waals surface area contributed by atoms with Crippen molar-refractivity contribution in [3.05, 3.63) is 182 Å². The molecule has 14 aromatic rings. The Morgan fingerprint density at radius 2 is 0.661 bits per heavy atom. The molecule has 0 aliphatic heterocycles. The van der Waals surface area contributed by atoms with E-state index in [2.05, 4.69) is 173 Å².